The third-order valence-corrected chi connectivity index (χ3v) is 4.72. The lowest BCUT2D eigenvalue weighted by Gasteiger charge is -2.07. The fourth-order valence-corrected chi connectivity index (χ4v) is 2.79. The van der Waals surface area contributed by atoms with Gasteiger partial charge in [0.25, 0.3) is 5.91 Å². The molecule has 3 aromatic carbocycles. The Morgan fingerprint density at radius 2 is 1.63 bits per heavy atom. The molecule has 0 bridgehead atoms. The molecule has 0 aliphatic rings. The lowest BCUT2D eigenvalue weighted by molar-refractivity contribution is 0.0955. The van der Waals surface area contributed by atoms with Crippen molar-refractivity contribution >= 4 is 44.0 Å². The Bertz CT molecular complexity index is 939. The minimum absolute atomic E-state index is 0.263. The molecule has 27 heavy (non-hydrogen) atoms. The quantitative estimate of drug-likeness (QED) is 0.365. The summed E-state index contributed by atoms with van der Waals surface area (Å²) in [6.07, 6.45) is 1.59. The molecule has 1 N–H and O–H groups in total. The number of halogens is 2. The molecule has 0 saturated carbocycles. The Morgan fingerprint density at radius 3 is 2.33 bits per heavy atom. The summed E-state index contributed by atoms with van der Waals surface area (Å²) in [6, 6.07) is 22.6. The van der Waals surface area contributed by atoms with E-state index in [1.54, 1.807) is 18.3 Å². The summed E-state index contributed by atoms with van der Waals surface area (Å²) in [6.45, 7) is 0.480. The van der Waals surface area contributed by atoms with Crippen LogP contribution >= 0.6 is 31.9 Å². The summed E-state index contributed by atoms with van der Waals surface area (Å²) in [5.74, 6) is 0.475. The van der Waals surface area contributed by atoms with E-state index in [0.717, 1.165) is 25.8 Å². The molecule has 0 radical (unpaired) electrons. The predicted molar refractivity (Wildman–Crippen MR) is 114 cm³/mol. The highest BCUT2D eigenvalue weighted by atomic mass is 79.9. The van der Waals surface area contributed by atoms with Gasteiger partial charge in [0.05, 0.1) is 6.21 Å². The average Bonchev–Trinajstić information content (AvgIpc) is 2.68. The van der Waals surface area contributed by atoms with E-state index < -0.39 is 0 Å². The van der Waals surface area contributed by atoms with E-state index in [1.165, 1.54) is 0 Å². The van der Waals surface area contributed by atoms with Gasteiger partial charge in [0.2, 0.25) is 0 Å². The standard InChI is InChI=1S/C21H16Br2N2O2/c22-18-8-4-15(5-9-18)14-27-20-3-1-2-16(12-20)13-24-25-21(26)17-6-10-19(23)11-7-17/h1-13H,14H2,(H,25,26)/b24-13-. The highest BCUT2D eigenvalue weighted by Crippen LogP contribution is 2.16. The first-order valence-corrected chi connectivity index (χ1v) is 9.75. The largest absolute Gasteiger partial charge is 0.489 e. The van der Waals surface area contributed by atoms with Crippen molar-refractivity contribution < 1.29 is 9.53 Å². The van der Waals surface area contributed by atoms with E-state index in [4.69, 9.17) is 4.74 Å². The SMILES string of the molecule is O=C(N/N=C\c1cccc(OCc2ccc(Br)cc2)c1)c1ccc(Br)cc1. The second kappa shape index (κ2) is 9.48. The van der Waals surface area contributed by atoms with Crippen molar-refractivity contribution in [3.05, 3.63) is 98.4 Å². The summed E-state index contributed by atoms with van der Waals surface area (Å²) in [4.78, 5) is 12.0. The van der Waals surface area contributed by atoms with E-state index in [2.05, 4.69) is 42.4 Å². The molecule has 0 unspecified atom stereocenters. The molecular formula is C21H16Br2N2O2. The maximum atomic E-state index is 12.0. The van der Waals surface area contributed by atoms with Crippen molar-refractivity contribution in [2.75, 3.05) is 0 Å². The van der Waals surface area contributed by atoms with Crippen LogP contribution in [-0.4, -0.2) is 12.1 Å². The van der Waals surface area contributed by atoms with Crippen LogP contribution in [0.25, 0.3) is 0 Å². The van der Waals surface area contributed by atoms with Crippen LogP contribution in [0.5, 0.6) is 5.75 Å². The number of carbonyl (C=O) groups excluding carboxylic acids is 1. The Hall–Kier alpha value is -2.44. The number of carbonyl (C=O) groups is 1. The van der Waals surface area contributed by atoms with Gasteiger partial charge in [0, 0.05) is 14.5 Å². The molecule has 4 nitrogen and oxygen atoms in total. The highest BCUT2D eigenvalue weighted by molar-refractivity contribution is 9.10. The molecule has 6 heteroatoms. The molecular weight excluding hydrogens is 472 g/mol. The summed E-state index contributed by atoms with van der Waals surface area (Å²) in [5.41, 5.74) is 4.98. The molecule has 3 rings (SSSR count). The molecule has 0 aliphatic carbocycles. The molecule has 1 amide bonds. The van der Waals surface area contributed by atoms with Gasteiger partial charge in [-0.15, -0.1) is 0 Å². The van der Waals surface area contributed by atoms with E-state index in [9.17, 15) is 4.79 Å². The molecule has 0 heterocycles. The van der Waals surface area contributed by atoms with Crippen molar-refractivity contribution in [2.45, 2.75) is 6.61 Å². The van der Waals surface area contributed by atoms with E-state index in [1.807, 2.05) is 60.7 Å². The van der Waals surface area contributed by atoms with Crippen molar-refractivity contribution in [1.29, 1.82) is 0 Å². The lowest BCUT2D eigenvalue weighted by Crippen LogP contribution is -2.17. The average molecular weight is 488 g/mol. The Kier molecular flexibility index (Phi) is 6.79. The number of hydrazone groups is 1. The molecule has 0 aliphatic heterocycles. The minimum atomic E-state index is -0.263. The van der Waals surface area contributed by atoms with Gasteiger partial charge in [-0.3, -0.25) is 4.79 Å². The van der Waals surface area contributed by atoms with Gasteiger partial charge < -0.3 is 4.74 Å². The normalized spacial score (nSPS) is 10.7. The van der Waals surface area contributed by atoms with Crippen molar-refractivity contribution in [1.82, 2.24) is 5.43 Å². The zero-order chi connectivity index (χ0) is 19.1. The molecule has 0 saturated heterocycles. The van der Waals surface area contributed by atoms with Crippen LogP contribution < -0.4 is 10.2 Å². The first kappa shape index (κ1) is 19.3. The van der Waals surface area contributed by atoms with E-state index >= 15 is 0 Å². The maximum absolute atomic E-state index is 12.0. The van der Waals surface area contributed by atoms with Gasteiger partial charge in [0.1, 0.15) is 12.4 Å². The van der Waals surface area contributed by atoms with Crippen LogP contribution in [0.2, 0.25) is 0 Å². The number of hydrogen-bond acceptors (Lipinski definition) is 3. The number of hydrogen-bond donors (Lipinski definition) is 1. The van der Waals surface area contributed by atoms with Crippen molar-refractivity contribution in [3.8, 4) is 5.75 Å². The van der Waals surface area contributed by atoms with Gasteiger partial charge in [-0.05, 0) is 59.7 Å². The second-order valence-electron chi connectivity index (χ2n) is 5.69. The number of nitrogens with one attached hydrogen (secondary N) is 1. The van der Waals surface area contributed by atoms with Crippen molar-refractivity contribution in [2.24, 2.45) is 5.10 Å². The zero-order valence-electron chi connectivity index (χ0n) is 14.2. The number of amides is 1. The smallest absolute Gasteiger partial charge is 0.271 e. The lowest BCUT2D eigenvalue weighted by atomic mass is 10.2. The van der Waals surface area contributed by atoms with E-state index in [0.29, 0.717) is 12.2 Å². The zero-order valence-corrected chi connectivity index (χ0v) is 17.4. The van der Waals surface area contributed by atoms with Crippen LogP contribution in [-0.2, 0) is 6.61 Å². The van der Waals surface area contributed by atoms with Crippen LogP contribution in [0.4, 0.5) is 0 Å². The molecule has 3 aromatic rings. The van der Waals surface area contributed by atoms with Crippen molar-refractivity contribution in [3.63, 3.8) is 0 Å². The number of rotatable bonds is 6. The van der Waals surface area contributed by atoms with Gasteiger partial charge >= 0.3 is 0 Å². The van der Waals surface area contributed by atoms with Crippen LogP contribution in [0.1, 0.15) is 21.5 Å². The molecule has 0 atom stereocenters. The summed E-state index contributed by atoms with van der Waals surface area (Å²) >= 11 is 6.76. The topological polar surface area (TPSA) is 50.7 Å². The van der Waals surface area contributed by atoms with Gasteiger partial charge in [-0.2, -0.15) is 5.10 Å². The van der Waals surface area contributed by atoms with Gasteiger partial charge in [0.15, 0.2) is 0 Å². The third kappa shape index (κ3) is 6.05. The number of nitrogens with zero attached hydrogens (tertiary/aromatic N) is 1. The van der Waals surface area contributed by atoms with Crippen LogP contribution in [0, 0.1) is 0 Å². The summed E-state index contributed by atoms with van der Waals surface area (Å²) in [5, 5.41) is 4.01. The second-order valence-corrected chi connectivity index (χ2v) is 7.53. The third-order valence-electron chi connectivity index (χ3n) is 3.66. The first-order valence-electron chi connectivity index (χ1n) is 8.16. The molecule has 0 aromatic heterocycles. The number of ether oxygens (including phenoxy) is 1. The monoisotopic (exact) mass is 486 g/mol. The molecule has 136 valence electrons. The predicted octanol–water partition coefficient (Wildman–Crippen LogP) is 5.55. The molecule has 0 spiro atoms. The highest BCUT2D eigenvalue weighted by Gasteiger charge is 2.03. The maximum Gasteiger partial charge on any atom is 0.271 e. The fourth-order valence-electron chi connectivity index (χ4n) is 2.26. The Balaban J connectivity index is 1.56. The first-order chi connectivity index (χ1) is 13.1. The van der Waals surface area contributed by atoms with Crippen LogP contribution in [0.3, 0.4) is 0 Å². The fraction of sp³-hybridized carbons (Fsp3) is 0.0476. The Morgan fingerprint density at radius 1 is 0.963 bits per heavy atom. The van der Waals surface area contributed by atoms with Crippen LogP contribution in [0.15, 0.2) is 86.8 Å². The van der Waals surface area contributed by atoms with Gasteiger partial charge in [-0.25, -0.2) is 5.43 Å². The molecule has 0 fully saturated rings. The van der Waals surface area contributed by atoms with E-state index in [-0.39, 0.29) is 5.91 Å². The van der Waals surface area contributed by atoms with Gasteiger partial charge in [-0.1, -0.05) is 56.1 Å². The Labute approximate surface area is 174 Å². The minimum Gasteiger partial charge on any atom is -0.489 e. The number of benzene rings is 3. The summed E-state index contributed by atoms with van der Waals surface area (Å²) in [7, 11) is 0. The summed E-state index contributed by atoms with van der Waals surface area (Å²) < 4.78 is 7.77.